The minimum Gasteiger partial charge on any atom is -0.368 e. The van der Waals surface area contributed by atoms with Crippen molar-refractivity contribution in [2.24, 2.45) is 5.73 Å². The van der Waals surface area contributed by atoms with Gasteiger partial charge in [-0.05, 0) is 44.0 Å². The van der Waals surface area contributed by atoms with Crippen LogP contribution in [0.4, 0.5) is 4.39 Å². The molecule has 0 saturated heterocycles. The maximum Gasteiger partial charge on any atom is 0.263 e. The highest BCUT2D eigenvalue weighted by Crippen LogP contribution is 2.36. The van der Waals surface area contributed by atoms with Gasteiger partial charge in [-0.25, -0.2) is 9.37 Å². The van der Waals surface area contributed by atoms with Crippen LogP contribution in [0.2, 0.25) is 0 Å². The molecule has 0 fully saturated rings. The van der Waals surface area contributed by atoms with E-state index in [0.29, 0.717) is 27.5 Å². The number of carbonyl (C=O) groups is 1. The van der Waals surface area contributed by atoms with E-state index in [-0.39, 0.29) is 5.56 Å². The molecular weight excluding hydrogens is 373 g/mol. The number of hydrogen-bond donors (Lipinski definition) is 1. The van der Waals surface area contributed by atoms with Gasteiger partial charge in [-0.2, -0.15) is 0 Å². The zero-order chi connectivity index (χ0) is 19.0. The van der Waals surface area contributed by atoms with E-state index in [9.17, 15) is 14.0 Å². The number of fused-ring (bicyclic) bond motifs is 1. The molecule has 26 heavy (non-hydrogen) atoms. The molecule has 5 nitrogen and oxygen atoms in total. The van der Waals surface area contributed by atoms with Crippen LogP contribution in [0.15, 0.2) is 34.2 Å². The van der Waals surface area contributed by atoms with E-state index in [1.807, 2.05) is 20.8 Å². The van der Waals surface area contributed by atoms with Crippen molar-refractivity contribution in [1.82, 2.24) is 9.55 Å². The van der Waals surface area contributed by atoms with E-state index < -0.39 is 17.0 Å². The minimum absolute atomic E-state index is 0.121. The van der Waals surface area contributed by atoms with Crippen molar-refractivity contribution in [2.75, 3.05) is 0 Å². The zero-order valence-corrected chi connectivity index (χ0v) is 16.2. The molecule has 3 rings (SSSR count). The van der Waals surface area contributed by atoms with E-state index in [4.69, 9.17) is 5.73 Å². The first-order valence-electron chi connectivity index (χ1n) is 8.05. The number of aryl methyl sites for hydroxylation is 2. The Balaban J connectivity index is 2.12. The molecule has 1 aromatic carbocycles. The predicted octanol–water partition coefficient (Wildman–Crippen LogP) is 3.55. The van der Waals surface area contributed by atoms with Crippen molar-refractivity contribution < 1.29 is 9.18 Å². The fraction of sp³-hybridized carbons (Fsp3) is 0.278. The highest BCUT2D eigenvalue weighted by molar-refractivity contribution is 8.00. The average Bonchev–Trinajstić information content (AvgIpc) is 2.88. The van der Waals surface area contributed by atoms with E-state index in [1.54, 1.807) is 4.57 Å². The molecule has 3 aromatic rings. The third kappa shape index (κ3) is 3.26. The number of carbonyl (C=O) groups excluding carboxylic acids is 1. The number of benzene rings is 1. The van der Waals surface area contributed by atoms with Gasteiger partial charge in [0.2, 0.25) is 5.91 Å². The van der Waals surface area contributed by atoms with Crippen molar-refractivity contribution >= 4 is 39.2 Å². The number of halogens is 1. The normalized spacial score (nSPS) is 12.5. The molecular formula is C18H18FN3O2S2. The summed E-state index contributed by atoms with van der Waals surface area (Å²) in [5.41, 5.74) is 6.94. The molecule has 2 heterocycles. The van der Waals surface area contributed by atoms with Gasteiger partial charge in [0.1, 0.15) is 15.9 Å². The number of thioether (sulfide) groups is 1. The largest absolute Gasteiger partial charge is 0.368 e. The number of rotatable bonds is 5. The predicted molar refractivity (Wildman–Crippen MR) is 103 cm³/mol. The van der Waals surface area contributed by atoms with E-state index in [2.05, 4.69) is 4.98 Å². The smallest absolute Gasteiger partial charge is 0.263 e. The Labute approximate surface area is 158 Å². The number of aromatic nitrogens is 2. The van der Waals surface area contributed by atoms with Gasteiger partial charge in [0.25, 0.3) is 5.56 Å². The monoisotopic (exact) mass is 391 g/mol. The van der Waals surface area contributed by atoms with Gasteiger partial charge in [-0.15, -0.1) is 11.3 Å². The lowest BCUT2D eigenvalue weighted by Gasteiger charge is -2.16. The number of hydrogen-bond acceptors (Lipinski definition) is 5. The molecule has 0 spiro atoms. The molecule has 0 saturated carbocycles. The van der Waals surface area contributed by atoms with Crippen LogP contribution in [0.25, 0.3) is 10.2 Å². The minimum atomic E-state index is -0.764. The topological polar surface area (TPSA) is 78.0 Å². The lowest BCUT2D eigenvalue weighted by Crippen LogP contribution is -2.25. The third-order valence-electron chi connectivity index (χ3n) is 4.22. The van der Waals surface area contributed by atoms with Gasteiger partial charge < -0.3 is 5.73 Å². The summed E-state index contributed by atoms with van der Waals surface area (Å²) in [4.78, 5) is 31.2. The molecule has 0 aliphatic rings. The maximum atomic E-state index is 13.2. The number of nitrogens with two attached hydrogens (primary N) is 1. The molecule has 0 unspecified atom stereocenters. The number of thiophene rings is 1. The number of nitrogens with zero attached hydrogens (tertiary/aromatic N) is 2. The molecule has 136 valence electrons. The van der Waals surface area contributed by atoms with Gasteiger partial charge in [-0.1, -0.05) is 23.9 Å². The highest BCUT2D eigenvalue weighted by Gasteiger charge is 2.24. The standard InChI is InChI=1S/C18H18FN3O2S2/c1-4-22-17(24)13-9(2)10(3)25-16(13)21-18(22)26-14(15(20)23)11-5-7-12(19)8-6-11/h5-8,14H,4H2,1-3H3,(H2,20,23)/t14-/m1/s1. The zero-order valence-electron chi connectivity index (χ0n) is 14.6. The summed E-state index contributed by atoms with van der Waals surface area (Å²) >= 11 is 2.57. The van der Waals surface area contributed by atoms with Crippen LogP contribution in [0.3, 0.4) is 0 Å². The quantitative estimate of drug-likeness (QED) is 0.533. The summed E-state index contributed by atoms with van der Waals surface area (Å²) in [5, 5.41) is 0.287. The summed E-state index contributed by atoms with van der Waals surface area (Å²) in [5.74, 6) is -0.964. The lowest BCUT2D eigenvalue weighted by molar-refractivity contribution is -0.117. The Kier molecular flexibility index (Phi) is 5.15. The van der Waals surface area contributed by atoms with Gasteiger partial charge >= 0.3 is 0 Å². The Morgan fingerprint density at radius 2 is 2.00 bits per heavy atom. The Hall–Kier alpha value is -2.19. The van der Waals surface area contributed by atoms with Crippen LogP contribution in [0, 0.1) is 19.7 Å². The first-order chi connectivity index (χ1) is 12.3. The molecule has 0 aliphatic carbocycles. The second kappa shape index (κ2) is 7.20. The lowest BCUT2D eigenvalue weighted by atomic mass is 10.1. The van der Waals surface area contributed by atoms with Gasteiger partial charge in [0.15, 0.2) is 5.16 Å². The summed E-state index contributed by atoms with van der Waals surface area (Å²) in [6.07, 6.45) is 0. The molecule has 2 N–H and O–H groups in total. The fourth-order valence-corrected chi connectivity index (χ4v) is 4.89. The van der Waals surface area contributed by atoms with Crippen LogP contribution < -0.4 is 11.3 Å². The van der Waals surface area contributed by atoms with E-state index >= 15 is 0 Å². The second-order valence-electron chi connectivity index (χ2n) is 5.86. The van der Waals surface area contributed by atoms with E-state index in [0.717, 1.165) is 22.2 Å². The maximum absolute atomic E-state index is 13.2. The van der Waals surface area contributed by atoms with Gasteiger partial charge in [0.05, 0.1) is 5.39 Å². The van der Waals surface area contributed by atoms with Crippen molar-refractivity contribution in [3.63, 3.8) is 0 Å². The number of primary amides is 1. The SMILES string of the molecule is CCn1c(S[C@@H](C(N)=O)c2ccc(F)cc2)nc2sc(C)c(C)c2c1=O. The molecule has 2 aromatic heterocycles. The van der Waals surface area contributed by atoms with E-state index in [1.165, 1.54) is 35.6 Å². The van der Waals surface area contributed by atoms with Crippen molar-refractivity contribution in [2.45, 2.75) is 37.7 Å². The summed E-state index contributed by atoms with van der Waals surface area (Å²) < 4.78 is 14.7. The first kappa shape index (κ1) is 18.6. The summed E-state index contributed by atoms with van der Waals surface area (Å²) in [7, 11) is 0. The summed E-state index contributed by atoms with van der Waals surface area (Å²) in [6, 6.07) is 5.59. The Morgan fingerprint density at radius 1 is 1.35 bits per heavy atom. The van der Waals surface area contributed by atoms with Crippen molar-refractivity contribution in [3.05, 3.63) is 56.4 Å². The number of amides is 1. The average molecular weight is 391 g/mol. The Bertz CT molecular complexity index is 1040. The highest BCUT2D eigenvalue weighted by atomic mass is 32.2. The third-order valence-corrected chi connectivity index (χ3v) is 6.59. The van der Waals surface area contributed by atoms with Crippen LogP contribution in [-0.4, -0.2) is 15.5 Å². The van der Waals surface area contributed by atoms with Crippen molar-refractivity contribution in [3.8, 4) is 0 Å². The van der Waals surface area contributed by atoms with Crippen LogP contribution >= 0.6 is 23.1 Å². The van der Waals surface area contributed by atoms with Crippen molar-refractivity contribution in [1.29, 1.82) is 0 Å². The second-order valence-corrected chi connectivity index (χ2v) is 8.13. The molecule has 0 radical (unpaired) electrons. The molecule has 1 atom stereocenters. The van der Waals surface area contributed by atoms with Gasteiger partial charge in [-0.3, -0.25) is 14.2 Å². The molecule has 1 amide bonds. The van der Waals surface area contributed by atoms with Crippen LogP contribution in [-0.2, 0) is 11.3 Å². The summed E-state index contributed by atoms with van der Waals surface area (Å²) in [6.45, 7) is 6.14. The first-order valence-corrected chi connectivity index (χ1v) is 9.75. The molecule has 0 aliphatic heterocycles. The van der Waals surface area contributed by atoms with Crippen LogP contribution in [0.1, 0.15) is 28.2 Å². The molecule has 8 heteroatoms. The van der Waals surface area contributed by atoms with Crippen LogP contribution in [0.5, 0.6) is 0 Å². The van der Waals surface area contributed by atoms with Gasteiger partial charge in [0, 0.05) is 11.4 Å². The fourth-order valence-electron chi connectivity index (χ4n) is 2.71. The molecule has 0 bridgehead atoms. The Morgan fingerprint density at radius 3 is 2.58 bits per heavy atom.